The number of aliphatic hydroxyl groups is 2. The van der Waals surface area contributed by atoms with E-state index in [0.29, 0.717) is 32.2 Å². The van der Waals surface area contributed by atoms with E-state index >= 15 is 0 Å². The molecule has 0 radical (unpaired) electrons. The van der Waals surface area contributed by atoms with Crippen LogP contribution >= 0.6 is 0 Å². The first-order valence-electron chi connectivity index (χ1n) is 9.34. The molecule has 2 fully saturated rings. The van der Waals surface area contributed by atoms with Gasteiger partial charge in [-0.1, -0.05) is 30.3 Å². The van der Waals surface area contributed by atoms with Gasteiger partial charge in [0.15, 0.2) is 0 Å². The number of aliphatic hydroxyl groups excluding tert-OH is 2. The number of amides is 1. The number of piperidine rings is 1. The summed E-state index contributed by atoms with van der Waals surface area (Å²) in [7, 11) is 0. The monoisotopic (exact) mass is 361 g/mol. The van der Waals surface area contributed by atoms with Crippen molar-refractivity contribution in [1.82, 2.24) is 4.90 Å². The number of carbonyl (C=O) groups excluding carboxylic acids is 1. The molecule has 1 saturated carbocycles. The SMILES string of the molecule is O=C(C1CCC(O)CC1)N1CC[C@](Cc2ccccc2)(C(=O)O)[C@H](O)C1. The largest absolute Gasteiger partial charge is 0.481 e. The highest BCUT2D eigenvalue weighted by Gasteiger charge is 2.49. The lowest BCUT2D eigenvalue weighted by molar-refractivity contribution is -0.167. The molecule has 142 valence electrons. The molecular formula is C20H27NO5. The summed E-state index contributed by atoms with van der Waals surface area (Å²) in [6, 6.07) is 9.31. The van der Waals surface area contributed by atoms with Crippen molar-refractivity contribution in [2.24, 2.45) is 11.3 Å². The Morgan fingerprint density at radius 3 is 2.31 bits per heavy atom. The first-order valence-corrected chi connectivity index (χ1v) is 9.34. The van der Waals surface area contributed by atoms with Crippen LogP contribution in [0.15, 0.2) is 30.3 Å². The Labute approximate surface area is 153 Å². The molecular weight excluding hydrogens is 334 g/mol. The molecule has 1 saturated heterocycles. The number of hydrogen-bond acceptors (Lipinski definition) is 4. The van der Waals surface area contributed by atoms with Gasteiger partial charge in [0, 0.05) is 19.0 Å². The van der Waals surface area contributed by atoms with Crippen molar-refractivity contribution < 1.29 is 24.9 Å². The summed E-state index contributed by atoms with van der Waals surface area (Å²) in [5.41, 5.74) is -0.393. The van der Waals surface area contributed by atoms with Crippen LogP contribution in [0.1, 0.15) is 37.7 Å². The van der Waals surface area contributed by atoms with E-state index in [-0.39, 0.29) is 37.3 Å². The van der Waals surface area contributed by atoms with Gasteiger partial charge in [-0.15, -0.1) is 0 Å². The molecule has 3 rings (SSSR count). The first-order chi connectivity index (χ1) is 12.4. The average molecular weight is 361 g/mol. The number of aliphatic carboxylic acids is 1. The van der Waals surface area contributed by atoms with E-state index in [9.17, 15) is 24.9 Å². The minimum absolute atomic E-state index is 0.0188. The molecule has 6 heteroatoms. The summed E-state index contributed by atoms with van der Waals surface area (Å²) >= 11 is 0. The van der Waals surface area contributed by atoms with Crippen LogP contribution in [0, 0.1) is 11.3 Å². The van der Waals surface area contributed by atoms with Crippen LogP contribution in [0.3, 0.4) is 0 Å². The van der Waals surface area contributed by atoms with Gasteiger partial charge in [0.05, 0.1) is 12.2 Å². The van der Waals surface area contributed by atoms with E-state index in [2.05, 4.69) is 0 Å². The summed E-state index contributed by atoms with van der Waals surface area (Å²) in [6.45, 7) is 0.394. The summed E-state index contributed by atoms with van der Waals surface area (Å²) < 4.78 is 0. The standard InChI is InChI=1S/C20H27NO5/c22-16-8-6-15(7-9-16)18(24)21-11-10-20(19(25)26,17(23)13-21)12-14-4-2-1-3-5-14/h1-5,15-17,22-23H,6-13H2,(H,25,26)/t15?,16?,17-,20-/m1/s1. The zero-order valence-electron chi connectivity index (χ0n) is 14.9. The Kier molecular flexibility index (Phi) is 5.63. The summed E-state index contributed by atoms with van der Waals surface area (Å²) in [4.78, 5) is 26.4. The van der Waals surface area contributed by atoms with Crippen molar-refractivity contribution in [3.05, 3.63) is 35.9 Å². The van der Waals surface area contributed by atoms with Gasteiger partial charge in [0.25, 0.3) is 0 Å². The molecule has 3 N–H and O–H groups in total. The van der Waals surface area contributed by atoms with Gasteiger partial charge in [-0.3, -0.25) is 9.59 Å². The molecule has 0 bridgehead atoms. The smallest absolute Gasteiger partial charge is 0.312 e. The Balaban J connectivity index is 1.69. The lowest BCUT2D eigenvalue weighted by Gasteiger charge is -2.44. The second-order valence-corrected chi connectivity index (χ2v) is 7.68. The second kappa shape index (κ2) is 7.76. The van der Waals surface area contributed by atoms with Crippen LogP contribution in [0.2, 0.25) is 0 Å². The number of hydrogen-bond donors (Lipinski definition) is 3. The normalized spacial score (nSPS) is 32.2. The molecule has 1 aromatic carbocycles. The summed E-state index contributed by atoms with van der Waals surface area (Å²) in [5, 5.41) is 30.1. The van der Waals surface area contributed by atoms with Crippen molar-refractivity contribution in [2.75, 3.05) is 13.1 Å². The van der Waals surface area contributed by atoms with Gasteiger partial charge < -0.3 is 20.2 Å². The fraction of sp³-hybridized carbons (Fsp3) is 0.600. The molecule has 2 atom stereocenters. The highest BCUT2D eigenvalue weighted by molar-refractivity contribution is 5.81. The molecule has 6 nitrogen and oxygen atoms in total. The van der Waals surface area contributed by atoms with Gasteiger partial charge in [-0.25, -0.2) is 0 Å². The number of benzene rings is 1. The molecule has 1 aliphatic carbocycles. The third-order valence-electron chi connectivity index (χ3n) is 6.00. The van der Waals surface area contributed by atoms with E-state index in [1.165, 1.54) is 0 Å². The Morgan fingerprint density at radius 2 is 1.73 bits per heavy atom. The van der Waals surface area contributed by atoms with Crippen molar-refractivity contribution in [2.45, 2.75) is 50.7 Å². The van der Waals surface area contributed by atoms with Crippen LogP contribution in [0.5, 0.6) is 0 Å². The predicted molar refractivity (Wildman–Crippen MR) is 95.4 cm³/mol. The number of carbonyl (C=O) groups is 2. The maximum atomic E-state index is 12.7. The maximum absolute atomic E-state index is 12.7. The fourth-order valence-corrected chi connectivity index (χ4v) is 4.25. The Bertz CT molecular complexity index is 641. The molecule has 1 aromatic rings. The first kappa shape index (κ1) is 18.9. The topological polar surface area (TPSA) is 98.1 Å². The van der Waals surface area contributed by atoms with Gasteiger partial charge >= 0.3 is 5.97 Å². The van der Waals surface area contributed by atoms with Crippen molar-refractivity contribution >= 4 is 11.9 Å². The molecule has 1 amide bonds. The number of carboxylic acids is 1. The third-order valence-corrected chi connectivity index (χ3v) is 6.00. The third kappa shape index (κ3) is 3.76. The van der Waals surface area contributed by atoms with E-state index in [1.54, 1.807) is 4.90 Å². The number of nitrogens with zero attached hydrogens (tertiary/aromatic N) is 1. The lowest BCUT2D eigenvalue weighted by atomic mass is 9.71. The number of carboxylic acid groups (broad SMARTS) is 1. The lowest BCUT2D eigenvalue weighted by Crippen LogP contribution is -2.58. The molecule has 0 unspecified atom stereocenters. The zero-order chi connectivity index (χ0) is 18.7. The highest BCUT2D eigenvalue weighted by Crippen LogP contribution is 2.37. The zero-order valence-corrected chi connectivity index (χ0v) is 14.9. The number of rotatable bonds is 4. The van der Waals surface area contributed by atoms with E-state index in [0.717, 1.165) is 5.56 Å². The molecule has 1 aliphatic heterocycles. The second-order valence-electron chi connectivity index (χ2n) is 7.68. The number of β-amino-alcohol motifs (C(OH)–C–C–N with tert-alkyl or cyclic N) is 1. The van der Waals surface area contributed by atoms with Gasteiger partial charge in [-0.2, -0.15) is 0 Å². The van der Waals surface area contributed by atoms with E-state index in [1.807, 2.05) is 30.3 Å². The fourth-order valence-electron chi connectivity index (χ4n) is 4.25. The van der Waals surface area contributed by atoms with Gasteiger partial charge in [0.2, 0.25) is 5.91 Å². The quantitative estimate of drug-likeness (QED) is 0.754. The predicted octanol–water partition coefficient (Wildman–Crippen LogP) is 1.44. The van der Waals surface area contributed by atoms with Crippen LogP contribution in [0.4, 0.5) is 0 Å². The maximum Gasteiger partial charge on any atom is 0.312 e. The van der Waals surface area contributed by atoms with Crippen LogP contribution in [-0.2, 0) is 16.0 Å². The van der Waals surface area contributed by atoms with Crippen LogP contribution in [0.25, 0.3) is 0 Å². The minimum atomic E-state index is -1.26. The number of likely N-dealkylation sites (tertiary alicyclic amines) is 1. The molecule has 0 spiro atoms. The van der Waals surface area contributed by atoms with Crippen molar-refractivity contribution in [3.8, 4) is 0 Å². The van der Waals surface area contributed by atoms with Crippen LogP contribution < -0.4 is 0 Å². The van der Waals surface area contributed by atoms with E-state index in [4.69, 9.17) is 0 Å². The van der Waals surface area contributed by atoms with E-state index < -0.39 is 17.5 Å². The Morgan fingerprint density at radius 1 is 1.08 bits per heavy atom. The Hall–Kier alpha value is -1.92. The molecule has 26 heavy (non-hydrogen) atoms. The van der Waals surface area contributed by atoms with Crippen molar-refractivity contribution in [3.63, 3.8) is 0 Å². The van der Waals surface area contributed by atoms with Crippen molar-refractivity contribution in [1.29, 1.82) is 0 Å². The molecule has 1 heterocycles. The minimum Gasteiger partial charge on any atom is -0.481 e. The van der Waals surface area contributed by atoms with Gasteiger partial charge in [0.1, 0.15) is 5.41 Å². The molecule has 2 aliphatic rings. The highest BCUT2D eigenvalue weighted by atomic mass is 16.4. The van der Waals surface area contributed by atoms with Crippen LogP contribution in [-0.4, -0.2) is 57.4 Å². The average Bonchev–Trinajstić information content (AvgIpc) is 2.64. The molecule has 0 aromatic heterocycles. The van der Waals surface area contributed by atoms with Gasteiger partial charge in [-0.05, 0) is 44.1 Å². The summed E-state index contributed by atoms with van der Waals surface area (Å²) in [6.07, 6.45) is 1.62. The summed E-state index contributed by atoms with van der Waals surface area (Å²) in [5.74, 6) is -1.16.